The molecule has 5 rings (SSSR count). The fourth-order valence-corrected chi connectivity index (χ4v) is 4.52. The van der Waals surface area contributed by atoms with Gasteiger partial charge in [-0.1, -0.05) is 48.0 Å². The minimum absolute atomic E-state index is 0.0132. The second-order valence-electron chi connectivity index (χ2n) is 7.16. The molecule has 3 nitrogen and oxygen atoms in total. The van der Waals surface area contributed by atoms with Crippen LogP contribution in [0.15, 0.2) is 60.4 Å². The number of fused-ring (bicyclic) bond motifs is 5. The highest BCUT2D eigenvalue weighted by Crippen LogP contribution is 2.51. The number of carbonyl (C=O) groups is 1. The number of hydrogen-bond acceptors (Lipinski definition) is 3. The largest absolute Gasteiger partial charge is 0.511 e. The van der Waals surface area contributed by atoms with Crippen molar-refractivity contribution in [1.82, 2.24) is 0 Å². The lowest BCUT2D eigenvalue weighted by atomic mass is 9.84. The van der Waals surface area contributed by atoms with Crippen LogP contribution in [-0.4, -0.2) is 23.1 Å². The molecule has 1 saturated heterocycles. The van der Waals surface area contributed by atoms with Gasteiger partial charge in [-0.25, -0.2) is 0 Å². The first-order valence-electron chi connectivity index (χ1n) is 8.72. The summed E-state index contributed by atoms with van der Waals surface area (Å²) in [4.78, 5) is 13.1. The minimum Gasteiger partial charge on any atom is -0.511 e. The zero-order chi connectivity index (χ0) is 18.0. The monoisotopic (exact) mass is 364 g/mol. The number of benzene rings is 2. The van der Waals surface area contributed by atoms with E-state index in [1.54, 1.807) is 0 Å². The first kappa shape index (κ1) is 15.9. The number of hydrogen-bond donors (Lipinski definition) is 1. The Morgan fingerprint density at radius 3 is 2.31 bits per heavy atom. The topological polar surface area (TPSA) is 46.5 Å². The molecule has 2 heterocycles. The molecule has 0 saturated carbocycles. The molecule has 4 heteroatoms. The summed E-state index contributed by atoms with van der Waals surface area (Å²) in [5.74, 6) is -0.376. The van der Waals surface area contributed by atoms with Gasteiger partial charge in [0.05, 0.1) is 29.6 Å². The van der Waals surface area contributed by atoms with Crippen LogP contribution in [-0.2, 0) is 9.53 Å². The number of ether oxygens (including phenoxy) is 1. The molecular weight excluding hydrogens is 348 g/mol. The number of Topliss-reactive ketones (excluding diaryl/α,β-unsaturated/α-hetero) is 1. The van der Waals surface area contributed by atoms with Gasteiger partial charge in [0.1, 0.15) is 5.76 Å². The Morgan fingerprint density at radius 1 is 0.962 bits per heavy atom. The van der Waals surface area contributed by atoms with Gasteiger partial charge in [-0.15, -0.1) is 0 Å². The summed E-state index contributed by atoms with van der Waals surface area (Å²) in [6, 6.07) is 13.6. The summed E-state index contributed by atoms with van der Waals surface area (Å²) >= 11 is 5.98. The number of rotatable bonds is 2. The molecule has 2 bridgehead atoms. The van der Waals surface area contributed by atoms with E-state index in [1.807, 2.05) is 61.5 Å². The lowest BCUT2D eigenvalue weighted by Gasteiger charge is -2.15. The average molecular weight is 365 g/mol. The van der Waals surface area contributed by atoms with Crippen LogP contribution in [0.25, 0.3) is 16.7 Å². The number of aliphatic hydroxyl groups excluding tert-OH is 1. The zero-order valence-electron chi connectivity index (χ0n) is 14.1. The average Bonchev–Trinajstić information content (AvgIpc) is 3.31. The predicted molar refractivity (Wildman–Crippen MR) is 101 cm³/mol. The highest BCUT2D eigenvalue weighted by molar-refractivity contribution is 6.30. The first-order valence-corrected chi connectivity index (χ1v) is 9.10. The fourth-order valence-electron chi connectivity index (χ4n) is 4.39. The molecular formula is C22H17ClO3. The van der Waals surface area contributed by atoms with E-state index in [1.165, 1.54) is 0 Å². The molecule has 0 radical (unpaired) electrons. The standard InChI is InChI=1S/C22H17ClO3/c1-11-2-3-13(12-4-6-14(23)7-5-12)10-15(11)18-21(24)19-16-8-9-17(26-16)20(19)22(18)25/h2-10,16-17,19-20,24H,1H3/t16-,17+,19-,20+/m1/s1. The fraction of sp³-hybridized carbons (Fsp3) is 0.227. The molecule has 2 aliphatic heterocycles. The Labute approximate surface area is 156 Å². The van der Waals surface area contributed by atoms with Crippen LogP contribution in [0.5, 0.6) is 0 Å². The van der Waals surface area contributed by atoms with Crippen molar-refractivity contribution in [3.8, 4) is 11.1 Å². The lowest BCUT2D eigenvalue weighted by molar-refractivity contribution is -0.118. The van der Waals surface area contributed by atoms with Crippen molar-refractivity contribution in [2.24, 2.45) is 11.8 Å². The van der Waals surface area contributed by atoms with Gasteiger partial charge in [0.25, 0.3) is 0 Å². The molecule has 2 aromatic carbocycles. The summed E-state index contributed by atoms with van der Waals surface area (Å²) in [7, 11) is 0. The number of allylic oxidation sites excluding steroid dienone is 1. The maximum absolute atomic E-state index is 13.1. The third kappa shape index (κ3) is 2.14. The van der Waals surface area contributed by atoms with Gasteiger partial charge in [0.2, 0.25) is 0 Å². The first-order chi connectivity index (χ1) is 12.5. The SMILES string of the molecule is Cc1ccc(-c2ccc(Cl)cc2)cc1C1=C(O)[C@H]2[C@@H](C1=O)[C@@H]1C=C[C@H]2O1. The molecule has 3 aliphatic rings. The van der Waals surface area contributed by atoms with Gasteiger partial charge >= 0.3 is 0 Å². The molecule has 130 valence electrons. The summed E-state index contributed by atoms with van der Waals surface area (Å²) in [6.07, 6.45) is 3.50. The molecule has 0 spiro atoms. The lowest BCUT2D eigenvalue weighted by Crippen LogP contribution is -2.26. The molecule has 0 aromatic heterocycles. The van der Waals surface area contributed by atoms with E-state index >= 15 is 0 Å². The normalized spacial score (nSPS) is 28.9. The van der Waals surface area contributed by atoms with E-state index in [-0.39, 0.29) is 35.6 Å². The van der Waals surface area contributed by atoms with E-state index in [9.17, 15) is 9.90 Å². The van der Waals surface area contributed by atoms with E-state index in [2.05, 4.69) is 0 Å². The number of carbonyl (C=O) groups excluding carboxylic acids is 1. The summed E-state index contributed by atoms with van der Waals surface area (Å²) in [5.41, 5.74) is 4.24. The van der Waals surface area contributed by atoms with Crippen molar-refractivity contribution >= 4 is 23.0 Å². The third-order valence-corrected chi connectivity index (χ3v) is 5.96. The predicted octanol–water partition coefficient (Wildman–Crippen LogP) is 4.74. The molecule has 0 unspecified atom stereocenters. The quantitative estimate of drug-likeness (QED) is 0.783. The third-order valence-electron chi connectivity index (χ3n) is 5.71. The number of halogens is 1. The van der Waals surface area contributed by atoms with E-state index < -0.39 is 0 Å². The van der Waals surface area contributed by atoms with Crippen molar-refractivity contribution in [3.05, 3.63) is 76.5 Å². The Kier molecular flexibility index (Phi) is 3.40. The molecule has 1 aliphatic carbocycles. The van der Waals surface area contributed by atoms with Gasteiger partial charge in [0, 0.05) is 5.02 Å². The van der Waals surface area contributed by atoms with Crippen LogP contribution in [0.2, 0.25) is 5.02 Å². The minimum atomic E-state index is -0.293. The highest BCUT2D eigenvalue weighted by Gasteiger charge is 2.57. The van der Waals surface area contributed by atoms with Gasteiger partial charge in [-0.05, 0) is 47.4 Å². The van der Waals surface area contributed by atoms with Gasteiger partial charge in [-0.3, -0.25) is 4.79 Å². The smallest absolute Gasteiger partial charge is 0.173 e. The second-order valence-corrected chi connectivity index (χ2v) is 7.60. The zero-order valence-corrected chi connectivity index (χ0v) is 14.9. The molecule has 0 amide bonds. The van der Waals surface area contributed by atoms with Gasteiger partial charge in [-0.2, -0.15) is 0 Å². The maximum Gasteiger partial charge on any atom is 0.173 e. The molecule has 2 aromatic rings. The molecule has 1 N–H and O–H groups in total. The number of aryl methyl sites for hydroxylation is 1. The molecule has 26 heavy (non-hydrogen) atoms. The van der Waals surface area contributed by atoms with Crippen LogP contribution in [0.1, 0.15) is 11.1 Å². The number of aliphatic hydroxyl groups is 1. The van der Waals surface area contributed by atoms with Gasteiger partial charge < -0.3 is 9.84 Å². The summed E-state index contributed by atoms with van der Waals surface area (Å²) < 4.78 is 5.76. The maximum atomic E-state index is 13.1. The van der Waals surface area contributed by atoms with Crippen LogP contribution in [0.4, 0.5) is 0 Å². The van der Waals surface area contributed by atoms with Crippen molar-refractivity contribution in [1.29, 1.82) is 0 Å². The Morgan fingerprint density at radius 2 is 1.62 bits per heavy atom. The molecule has 4 atom stereocenters. The van der Waals surface area contributed by atoms with E-state index in [0.717, 1.165) is 22.3 Å². The second kappa shape index (κ2) is 5.57. The Hall–Kier alpha value is -2.36. The summed E-state index contributed by atoms with van der Waals surface area (Å²) in [6.45, 7) is 1.96. The Bertz CT molecular complexity index is 987. The van der Waals surface area contributed by atoms with Crippen molar-refractivity contribution < 1.29 is 14.6 Å². The van der Waals surface area contributed by atoms with Crippen molar-refractivity contribution in [2.75, 3.05) is 0 Å². The van der Waals surface area contributed by atoms with Crippen LogP contribution in [0.3, 0.4) is 0 Å². The van der Waals surface area contributed by atoms with Gasteiger partial charge in [0.15, 0.2) is 5.78 Å². The highest BCUT2D eigenvalue weighted by atomic mass is 35.5. The summed E-state index contributed by atoms with van der Waals surface area (Å²) in [5, 5.41) is 11.5. The van der Waals surface area contributed by atoms with Crippen LogP contribution >= 0.6 is 11.6 Å². The van der Waals surface area contributed by atoms with E-state index in [4.69, 9.17) is 16.3 Å². The van der Waals surface area contributed by atoms with Crippen molar-refractivity contribution in [3.63, 3.8) is 0 Å². The van der Waals surface area contributed by atoms with E-state index in [0.29, 0.717) is 10.6 Å². The number of ketones is 1. The van der Waals surface area contributed by atoms with Crippen LogP contribution in [0, 0.1) is 18.8 Å². The van der Waals surface area contributed by atoms with Crippen LogP contribution < -0.4 is 0 Å². The molecule has 1 fully saturated rings. The Balaban J connectivity index is 1.61. The van der Waals surface area contributed by atoms with Crippen molar-refractivity contribution in [2.45, 2.75) is 19.1 Å².